The zero-order chi connectivity index (χ0) is 14.8. The molecule has 0 bridgehead atoms. The van der Waals surface area contributed by atoms with Gasteiger partial charge in [0.25, 0.3) is 0 Å². The molecule has 0 saturated heterocycles. The summed E-state index contributed by atoms with van der Waals surface area (Å²) < 4.78 is 0. The minimum absolute atomic E-state index is 0.0589. The second-order valence-electron chi connectivity index (χ2n) is 6.04. The van der Waals surface area contributed by atoms with Crippen LogP contribution in [0.1, 0.15) is 43.8 Å². The molecule has 0 spiro atoms. The fourth-order valence-corrected chi connectivity index (χ4v) is 3.27. The number of hydrogen-bond donors (Lipinski definition) is 1. The van der Waals surface area contributed by atoms with E-state index in [4.69, 9.17) is 4.98 Å². The Bertz CT molecular complexity index is 582. The third-order valence-electron chi connectivity index (χ3n) is 3.08. The van der Waals surface area contributed by atoms with Crippen LogP contribution in [0.4, 0.5) is 0 Å². The van der Waals surface area contributed by atoms with Gasteiger partial charge in [0, 0.05) is 23.0 Å². The van der Waals surface area contributed by atoms with E-state index in [1.807, 2.05) is 12.3 Å². The van der Waals surface area contributed by atoms with Crippen LogP contribution in [-0.2, 0) is 12.0 Å². The summed E-state index contributed by atoms with van der Waals surface area (Å²) in [5, 5.41) is 4.42. The molecule has 0 aliphatic carbocycles. The molecule has 20 heavy (non-hydrogen) atoms. The number of aryl methyl sites for hydroxylation is 1. The van der Waals surface area contributed by atoms with Crippen molar-refractivity contribution < 1.29 is 0 Å². The van der Waals surface area contributed by atoms with E-state index in [0.717, 1.165) is 23.8 Å². The zero-order valence-corrected chi connectivity index (χ0v) is 13.8. The lowest BCUT2D eigenvalue weighted by atomic mass is 9.91. The van der Waals surface area contributed by atoms with E-state index in [-0.39, 0.29) is 5.41 Å². The van der Waals surface area contributed by atoms with E-state index < -0.39 is 0 Å². The van der Waals surface area contributed by atoms with Crippen LogP contribution >= 0.6 is 11.3 Å². The van der Waals surface area contributed by atoms with Gasteiger partial charge in [0.2, 0.25) is 0 Å². The monoisotopic (exact) mass is 289 g/mol. The molecule has 2 heterocycles. The van der Waals surface area contributed by atoms with E-state index in [9.17, 15) is 0 Å². The quantitative estimate of drug-likeness (QED) is 0.927. The lowest BCUT2D eigenvalue weighted by Crippen LogP contribution is -2.18. The lowest BCUT2D eigenvalue weighted by Gasteiger charge is -2.17. The average Bonchev–Trinajstić information content (AvgIpc) is 2.80. The third kappa shape index (κ3) is 3.44. The molecule has 0 atom stereocenters. The van der Waals surface area contributed by atoms with Crippen molar-refractivity contribution in [3.05, 3.63) is 34.5 Å². The van der Waals surface area contributed by atoms with E-state index in [1.165, 1.54) is 16.1 Å². The topological polar surface area (TPSA) is 37.8 Å². The molecule has 0 radical (unpaired) electrons. The molecule has 2 rings (SSSR count). The first-order valence-electron chi connectivity index (χ1n) is 7.05. The third-order valence-corrected chi connectivity index (χ3v) is 4.16. The van der Waals surface area contributed by atoms with Gasteiger partial charge in [-0.2, -0.15) is 0 Å². The zero-order valence-electron chi connectivity index (χ0n) is 12.9. The Labute approximate surface area is 125 Å². The van der Waals surface area contributed by atoms with Crippen molar-refractivity contribution in [2.24, 2.45) is 0 Å². The second-order valence-corrected chi connectivity index (χ2v) is 7.12. The lowest BCUT2D eigenvalue weighted by molar-refractivity contribution is 0.561. The van der Waals surface area contributed by atoms with Gasteiger partial charge in [-0.3, -0.25) is 4.98 Å². The van der Waals surface area contributed by atoms with Gasteiger partial charge >= 0.3 is 0 Å². The fourth-order valence-electron chi connectivity index (χ4n) is 2.06. The molecular weight excluding hydrogens is 266 g/mol. The Morgan fingerprint density at radius 2 is 2.05 bits per heavy atom. The number of aromatic nitrogens is 2. The highest BCUT2D eigenvalue weighted by Crippen LogP contribution is 2.33. The summed E-state index contributed by atoms with van der Waals surface area (Å²) in [4.78, 5) is 10.6. The molecule has 1 N–H and O–H groups in total. The first-order valence-corrected chi connectivity index (χ1v) is 7.87. The van der Waals surface area contributed by atoms with Gasteiger partial charge in [-0.05, 0) is 31.2 Å². The standard InChI is InChI=1S/C16H23N3S/c1-6-17-10-13-14(16(3,4)5)19-15(20-13)12-9-11(2)7-8-18-12/h7-9,17H,6,10H2,1-5H3. The molecule has 0 unspecified atom stereocenters. The van der Waals surface area contributed by atoms with Crippen LogP contribution in [0.3, 0.4) is 0 Å². The number of nitrogens with one attached hydrogen (secondary N) is 1. The smallest absolute Gasteiger partial charge is 0.142 e. The van der Waals surface area contributed by atoms with Crippen LogP contribution in [-0.4, -0.2) is 16.5 Å². The number of hydrogen-bond acceptors (Lipinski definition) is 4. The van der Waals surface area contributed by atoms with Crippen molar-refractivity contribution in [2.75, 3.05) is 6.54 Å². The molecule has 3 nitrogen and oxygen atoms in total. The Hall–Kier alpha value is -1.26. The Morgan fingerprint density at radius 1 is 1.30 bits per heavy atom. The molecule has 2 aromatic rings. The highest BCUT2D eigenvalue weighted by molar-refractivity contribution is 7.15. The van der Waals surface area contributed by atoms with Gasteiger partial charge in [-0.25, -0.2) is 4.98 Å². The Kier molecular flexibility index (Phi) is 4.55. The highest BCUT2D eigenvalue weighted by Gasteiger charge is 2.23. The van der Waals surface area contributed by atoms with Crippen molar-refractivity contribution >= 4 is 11.3 Å². The molecular formula is C16H23N3S. The number of pyridine rings is 1. The first kappa shape index (κ1) is 15.1. The molecule has 0 aliphatic rings. The molecule has 2 aromatic heterocycles. The maximum atomic E-state index is 4.86. The second kappa shape index (κ2) is 6.02. The molecule has 0 saturated carbocycles. The number of rotatable bonds is 4. The minimum atomic E-state index is 0.0589. The van der Waals surface area contributed by atoms with Crippen LogP contribution in [0.15, 0.2) is 18.3 Å². The first-order chi connectivity index (χ1) is 9.41. The summed E-state index contributed by atoms with van der Waals surface area (Å²) in [5.74, 6) is 0. The van der Waals surface area contributed by atoms with Gasteiger partial charge in [0.05, 0.1) is 11.4 Å². The van der Waals surface area contributed by atoms with E-state index in [1.54, 1.807) is 11.3 Å². The van der Waals surface area contributed by atoms with Crippen molar-refractivity contribution in [1.29, 1.82) is 0 Å². The number of thiazole rings is 1. The van der Waals surface area contributed by atoms with Crippen LogP contribution < -0.4 is 5.32 Å². The minimum Gasteiger partial charge on any atom is -0.312 e. The van der Waals surface area contributed by atoms with Gasteiger partial charge < -0.3 is 5.32 Å². The van der Waals surface area contributed by atoms with Crippen LogP contribution in [0.5, 0.6) is 0 Å². The van der Waals surface area contributed by atoms with Gasteiger partial charge in [-0.1, -0.05) is 27.7 Å². The van der Waals surface area contributed by atoms with E-state index in [0.29, 0.717) is 0 Å². The summed E-state index contributed by atoms with van der Waals surface area (Å²) in [6, 6.07) is 4.11. The summed E-state index contributed by atoms with van der Waals surface area (Å²) in [7, 11) is 0. The molecule has 0 aromatic carbocycles. The Morgan fingerprint density at radius 3 is 2.65 bits per heavy atom. The Balaban J connectivity index is 2.43. The van der Waals surface area contributed by atoms with E-state index >= 15 is 0 Å². The SMILES string of the molecule is CCNCc1sc(-c2cc(C)ccn2)nc1C(C)(C)C. The predicted octanol–water partition coefficient (Wildman–Crippen LogP) is 3.92. The molecule has 4 heteroatoms. The van der Waals surface area contributed by atoms with Crippen LogP contribution in [0.25, 0.3) is 10.7 Å². The molecule has 0 fully saturated rings. The summed E-state index contributed by atoms with van der Waals surface area (Å²) >= 11 is 1.75. The van der Waals surface area contributed by atoms with Gasteiger partial charge in [0.15, 0.2) is 0 Å². The molecule has 0 amide bonds. The molecule has 0 aliphatic heterocycles. The highest BCUT2D eigenvalue weighted by atomic mass is 32.1. The maximum absolute atomic E-state index is 4.86. The van der Waals surface area contributed by atoms with Crippen LogP contribution in [0.2, 0.25) is 0 Å². The normalized spacial score (nSPS) is 11.8. The van der Waals surface area contributed by atoms with Crippen molar-refractivity contribution in [3.8, 4) is 10.7 Å². The maximum Gasteiger partial charge on any atom is 0.142 e. The fraction of sp³-hybridized carbons (Fsp3) is 0.500. The summed E-state index contributed by atoms with van der Waals surface area (Å²) in [5.41, 5.74) is 3.43. The van der Waals surface area contributed by atoms with E-state index in [2.05, 4.69) is 51.0 Å². The van der Waals surface area contributed by atoms with Gasteiger partial charge in [0.1, 0.15) is 5.01 Å². The molecule has 108 valence electrons. The van der Waals surface area contributed by atoms with Gasteiger partial charge in [-0.15, -0.1) is 11.3 Å². The predicted molar refractivity (Wildman–Crippen MR) is 86.2 cm³/mol. The average molecular weight is 289 g/mol. The number of nitrogens with zero attached hydrogens (tertiary/aromatic N) is 2. The van der Waals surface area contributed by atoms with Crippen molar-refractivity contribution in [2.45, 2.75) is 46.6 Å². The summed E-state index contributed by atoms with van der Waals surface area (Å²) in [6.45, 7) is 12.7. The van der Waals surface area contributed by atoms with Crippen molar-refractivity contribution in [3.63, 3.8) is 0 Å². The summed E-state index contributed by atoms with van der Waals surface area (Å²) in [6.07, 6.45) is 1.85. The van der Waals surface area contributed by atoms with Crippen molar-refractivity contribution in [1.82, 2.24) is 15.3 Å². The largest absolute Gasteiger partial charge is 0.312 e. The van der Waals surface area contributed by atoms with Crippen LogP contribution in [0, 0.1) is 6.92 Å².